The van der Waals surface area contributed by atoms with Crippen molar-refractivity contribution in [2.45, 2.75) is 58.8 Å². The highest BCUT2D eigenvalue weighted by Crippen LogP contribution is 2.25. The van der Waals surface area contributed by atoms with Crippen molar-refractivity contribution in [3.63, 3.8) is 0 Å². The lowest BCUT2D eigenvalue weighted by atomic mass is 9.85. The van der Waals surface area contributed by atoms with E-state index >= 15 is 0 Å². The van der Waals surface area contributed by atoms with Crippen LogP contribution >= 0.6 is 0 Å². The summed E-state index contributed by atoms with van der Waals surface area (Å²) in [7, 11) is 0. The molecular weight excluding hydrogens is 172 g/mol. The Kier molecular flexibility index (Phi) is 4.92. The van der Waals surface area contributed by atoms with E-state index in [1.54, 1.807) is 0 Å². The zero-order chi connectivity index (χ0) is 10.4. The van der Waals surface area contributed by atoms with Gasteiger partial charge in [0.15, 0.2) is 5.78 Å². The second kappa shape index (κ2) is 6.00. The molecule has 1 fully saturated rings. The third-order valence-electron chi connectivity index (χ3n) is 3.26. The van der Waals surface area contributed by atoms with Crippen LogP contribution < -0.4 is 0 Å². The molecule has 14 heavy (non-hydrogen) atoms. The lowest BCUT2D eigenvalue weighted by Crippen LogP contribution is -2.15. The normalized spacial score (nSPS) is 17.9. The average molecular weight is 194 g/mol. The van der Waals surface area contributed by atoms with Gasteiger partial charge in [-0.2, -0.15) is 0 Å². The number of hydrogen-bond acceptors (Lipinski definition) is 1. The van der Waals surface area contributed by atoms with Gasteiger partial charge in [-0.1, -0.05) is 38.7 Å². The highest BCUT2D eigenvalue weighted by atomic mass is 16.1. The summed E-state index contributed by atoms with van der Waals surface area (Å²) >= 11 is 0. The van der Waals surface area contributed by atoms with Gasteiger partial charge >= 0.3 is 0 Å². The van der Waals surface area contributed by atoms with E-state index in [0.29, 0.717) is 11.7 Å². The van der Waals surface area contributed by atoms with E-state index in [-0.39, 0.29) is 0 Å². The molecule has 0 spiro atoms. The molecule has 0 N–H and O–H groups in total. The first kappa shape index (κ1) is 11.5. The Balaban J connectivity index is 2.50. The largest absolute Gasteiger partial charge is 0.295 e. The van der Waals surface area contributed by atoms with Crippen LogP contribution in [0, 0.1) is 5.92 Å². The Bertz CT molecular complexity index is 203. The summed E-state index contributed by atoms with van der Waals surface area (Å²) in [5, 5.41) is 0. The summed E-state index contributed by atoms with van der Waals surface area (Å²) in [6.45, 7) is 4.26. The van der Waals surface area contributed by atoms with Crippen LogP contribution in [0.3, 0.4) is 0 Å². The molecule has 0 saturated heterocycles. The molecule has 0 amide bonds. The van der Waals surface area contributed by atoms with Crippen LogP contribution in [0.25, 0.3) is 0 Å². The second-order valence-corrected chi connectivity index (χ2v) is 4.25. The van der Waals surface area contributed by atoms with Crippen LogP contribution in [0.5, 0.6) is 0 Å². The standard InChI is InChI=1S/C13H22O/c1-3-11(4-2)10-13(14)12-8-6-5-7-9-12/h10,12H,3-9H2,1-2H3. The minimum atomic E-state index is 0.344. The van der Waals surface area contributed by atoms with Gasteiger partial charge in [-0.15, -0.1) is 0 Å². The van der Waals surface area contributed by atoms with Crippen molar-refractivity contribution in [1.29, 1.82) is 0 Å². The molecule has 0 aromatic heterocycles. The predicted molar refractivity (Wildman–Crippen MR) is 60.2 cm³/mol. The first-order chi connectivity index (χ1) is 6.77. The Labute approximate surface area is 87.6 Å². The SMILES string of the molecule is CCC(=CC(=O)C1CCCCC1)CC. The number of rotatable bonds is 4. The number of carbonyl (C=O) groups is 1. The van der Waals surface area contributed by atoms with E-state index in [4.69, 9.17) is 0 Å². The molecule has 1 aliphatic carbocycles. The number of carbonyl (C=O) groups excluding carboxylic acids is 1. The van der Waals surface area contributed by atoms with Gasteiger partial charge in [-0.3, -0.25) is 4.79 Å². The first-order valence-electron chi connectivity index (χ1n) is 6.01. The quantitative estimate of drug-likeness (QED) is 0.621. The average Bonchev–Trinajstić information content (AvgIpc) is 2.26. The monoisotopic (exact) mass is 194 g/mol. The second-order valence-electron chi connectivity index (χ2n) is 4.25. The van der Waals surface area contributed by atoms with Crippen LogP contribution in [-0.4, -0.2) is 5.78 Å². The minimum absolute atomic E-state index is 0.344. The molecule has 0 unspecified atom stereocenters. The molecule has 0 atom stereocenters. The highest BCUT2D eigenvalue weighted by molar-refractivity contribution is 5.92. The Hall–Kier alpha value is -0.590. The van der Waals surface area contributed by atoms with E-state index in [9.17, 15) is 4.79 Å². The number of hydrogen-bond donors (Lipinski definition) is 0. The Morgan fingerprint density at radius 2 is 1.71 bits per heavy atom. The molecule has 0 aromatic carbocycles. The summed E-state index contributed by atoms with van der Waals surface area (Å²) in [6, 6.07) is 0. The van der Waals surface area contributed by atoms with E-state index in [2.05, 4.69) is 13.8 Å². The summed E-state index contributed by atoms with van der Waals surface area (Å²) < 4.78 is 0. The van der Waals surface area contributed by atoms with Gasteiger partial charge in [-0.05, 0) is 31.8 Å². The zero-order valence-electron chi connectivity index (χ0n) is 9.51. The van der Waals surface area contributed by atoms with Gasteiger partial charge in [0, 0.05) is 5.92 Å². The van der Waals surface area contributed by atoms with Gasteiger partial charge in [0.05, 0.1) is 0 Å². The van der Waals surface area contributed by atoms with Gasteiger partial charge < -0.3 is 0 Å². The molecule has 1 aliphatic rings. The predicted octanol–water partition coefficient (Wildman–Crippen LogP) is 3.88. The third-order valence-corrected chi connectivity index (χ3v) is 3.26. The van der Waals surface area contributed by atoms with Crippen LogP contribution in [0.2, 0.25) is 0 Å². The minimum Gasteiger partial charge on any atom is -0.295 e. The van der Waals surface area contributed by atoms with Crippen molar-refractivity contribution < 1.29 is 4.79 Å². The van der Waals surface area contributed by atoms with Crippen molar-refractivity contribution in [2.24, 2.45) is 5.92 Å². The maximum atomic E-state index is 11.8. The topological polar surface area (TPSA) is 17.1 Å². The smallest absolute Gasteiger partial charge is 0.158 e. The summed E-state index contributed by atoms with van der Waals surface area (Å²) in [5.74, 6) is 0.736. The molecule has 1 saturated carbocycles. The van der Waals surface area contributed by atoms with Crippen molar-refractivity contribution in [3.8, 4) is 0 Å². The third kappa shape index (κ3) is 3.28. The van der Waals surface area contributed by atoms with E-state index in [1.165, 1.54) is 24.8 Å². The molecule has 1 heteroatoms. The van der Waals surface area contributed by atoms with E-state index in [0.717, 1.165) is 25.7 Å². The summed E-state index contributed by atoms with van der Waals surface area (Å²) in [6.07, 6.45) is 10.0. The van der Waals surface area contributed by atoms with Crippen LogP contribution in [0.4, 0.5) is 0 Å². The molecule has 0 heterocycles. The Morgan fingerprint density at radius 1 is 1.14 bits per heavy atom. The number of ketones is 1. The maximum Gasteiger partial charge on any atom is 0.158 e. The van der Waals surface area contributed by atoms with Gasteiger partial charge in [0.2, 0.25) is 0 Å². The molecule has 1 rings (SSSR count). The molecule has 0 aromatic rings. The molecule has 1 nitrogen and oxygen atoms in total. The lowest BCUT2D eigenvalue weighted by Gasteiger charge is -2.19. The van der Waals surface area contributed by atoms with Gasteiger partial charge in [-0.25, -0.2) is 0 Å². The van der Waals surface area contributed by atoms with Crippen LogP contribution in [0.15, 0.2) is 11.6 Å². The highest BCUT2D eigenvalue weighted by Gasteiger charge is 2.19. The Morgan fingerprint density at radius 3 is 2.21 bits per heavy atom. The van der Waals surface area contributed by atoms with E-state index < -0.39 is 0 Å². The lowest BCUT2D eigenvalue weighted by molar-refractivity contribution is -0.119. The zero-order valence-corrected chi connectivity index (χ0v) is 9.51. The van der Waals surface area contributed by atoms with Crippen molar-refractivity contribution in [1.82, 2.24) is 0 Å². The molecular formula is C13H22O. The molecule has 0 radical (unpaired) electrons. The van der Waals surface area contributed by atoms with E-state index in [1.807, 2.05) is 6.08 Å². The first-order valence-corrected chi connectivity index (χ1v) is 6.01. The fourth-order valence-electron chi connectivity index (χ4n) is 2.16. The fourth-order valence-corrected chi connectivity index (χ4v) is 2.16. The fraction of sp³-hybridized carbons (Fsp3) is 0.769. The van der Waals surface area contributed by atoms with Crippen molar-refractivity contribution in [3.05, 3.63) is 11.6 Å². The summed E-state index contributed by atoms with van der Waals surface area (Å²) in [5.41, 5.74) is 1.31. The van der Waals surface area contributed by atoms with Crippen LogP contribution in [-0.2, 0) is 4.79 Å². The van der Waals surface area contributed by atoms with Crippen LogP contribution in [0.1, 0.15) is 58.8 Å². The molecule has 80 valence electrons. The summed E-state index contributed by atoms with van der Waals surface area (Å²) in [4.78, 5) is 11.8. The molecule has 0 aliphatic heterocycles. The van der Waals surface area contributed by atoms with Gasteiger partial charge in [0.1, 0.15) is 0 Å². The van der Waals surface area contributed by atoms with Gasteiger partial charge in [0.25, 0.3) is 0 Å². The molecule has 0 bridgehead atoms. The van der Waals surface area contributed by atoms with Crippen molar-refractivity contribution >= 4 is 5.78 Å². The van der Waals surface area contributed by atoms with Crippen molar-refractivity contribution in [2.75, 3.05) is 0 Å². The maximum absolute atomic E-state index is 11.8. The number of allylic oxidation sites excluding steroid dienone is 2.